The fraction of sp³-hybridized carbons (Fsp3) is 0.538. The molecule has 0 saturated heterocycles. The molecule has 1 aromatic carbocycles. The molecule has 0 saturated carbocycles. The molecule has 15 heavy (non-hydrogen) atoms. The molecule has 0 radical (unpaired) electrons. The number of anilines is 1. The smallest absolute Gasteiger partial charge is 0.0368 e. The second-order valence-corrected chi connectivity index (χ2v) is 4.18. The first-order valence-corrected chi connectivity index (χ1v) is 5.62. The van der Waals surface area contributed by atoms with E-state index in [2.05, 4.69) is 50.9 Å². The van der Waals surface area contributed by atoms with Gasteiger partial charge in [0, 0.05) is 25.3 Å². The van der Waals surface area contributed by atoms with Gasteiger partial charge in [0.2, 0.25) is 0 Å². The van der Waals surface area contributed by atoms with E-state index in [-0.39, 0.29) is 0 Å². The molecule has 0 aliphatic rings. The number of nitrogens with two attached hydrogens (primary N) is 1. The standard InChI is InChI=1S/C13H22N2/c1-5-11(3)15(4)13-7-6-12(9-14)10(2)8-13/h6-8,11H,5,9,14H2,1-4H3. The van der Waals surface area contributed by atoms with E-state index in [0.717, 1.165) is 6.42 Å². The lowest BCUT2D eigenvalue weighted by molar-refractivity contribution is 0.663. The summed E-state index contributed by atoms with van der Waals surface area (Å²) in [6, 6.07) is 7.08. The molecule has 0 spiro atoms. The lowest BCUT2D eigenvalue weighted by Gasteiger charge is -2.26. The SMILES string of the molecule is CCC(C)N(C)c1ccc(CN)c(C)c1. The Kier molecular flexibility index (Phi) is 4.15. The van der Waals surface area contributed by atoms with Crippen LogP contribution in [0.4, 0.5) is 5.69 Å². The van der Waals surface area contributed by atoms with Crippen molar-refractivity contribution in [3.05, 3.63) is 29.3 Å². The molecule has 1 atom stereocenters. The third kappa shape index (κ3) is 2.72. The van der Waals surface area contributed by atoms with Crippen LogP contribution in [0.25, 0.3) is 0 Å². The summed E-state index contributed by atoms with van der Waals surface area (Å²) in [5, 5.41) is 0. The Balaban J connectivity index is 2.92. The zero-order valence-corrected chi connectivity index (χ0v) is 10.2. The molecule has 0 amide bonds. The third-order valence-electron chi connectivity index (χ3n) is 3.21. The van der Waals surface area contributed by atoms with Gasteiger partial charge in [0.1, 0.15) is 0 Å². The molecule has 2 heteroatoms. The van der Waals surface area contributed by atoms with Gasteiger partial charge in [-0.1, -0.05) is 13.0 Å². The van der Waals surface area contributed by atoms with Crippen LogP contribution in [0.3, 0.4) is 0 Å². The Labute approximate surface area is 93.1 Å². The second kappa shape index (κ2) is 5.17. The number of nitrogens with zero attached hydrogens (tertiary/aromatic N) is 1. The molecular formula is C13H22N2. The topological polar surface area (TPSA) is 29.3 Å². The van der Waals surface area contributed by atoms with Gasteiger partial charge < -0.3 is 10.6 Å². The van der Waals surface area contributed by atoms with E-state index >= 15 is 0 Å². The van der Waals surface area contributed by atoms with E-state index in [9.17, 15) is 0 Å². The summed E-state index contributed by atoms with van der Waals surface area (Å²) in [5.41, 5.74) is 9.44. The molecule has 0 bridgehead atoms. The average Bonchev–Trinajstić information content (AvgIpc) is 2.26. The number of hydrogen-bond acceptors (Lipinski definition) is 2. The van der Waals surface area contributed by atoms with Crippen LogP contribution in [0.1, 0.15) is 31.4 Å². The summed E-state index contributed by atoms with van der Waals surface area (Å²) in [5.74, 6) is 0. The third-order valence-corrected chi connectivity index (χ3v) is 3.21. The molecule has 2 N–H and O–H groups in total. The minimum atomic E-state index is 0.577. The fourth-order valence-corrected chi connectivity index (χ4v) is 1.66. The molecule has 84 valence electrons. The maximum absolute atomic E-state index is 5.65. The number of benzene rings is 1. The molecule has 0 aliphatic heterocycles. The van der Waals surface area contributed by atoms with E-state index in [0.29, 0.717) is 12.6 Å². The molecule has 0 aliphatic carbocycles. The van der Waals surface area contributed by atoms with E-state index < -0.39 is 0 Å². The highest BCUT2D eigenvalue weighted by Gasteiger charge is 2.08. The van der Waals surface area contributed by atoms with Crippen molar-refractivity contribution < 1.29 is 0 Å². The summed E-state index contributed by atoms with van der Waals surface area (Å²) < 4.78 is 0. The molecule has 1 unspecified atom stereocenters. The van der Waals surface area contributed by atoms with Crippen LogP contribution in [0.2, 0.25) is 0 Å². The highest BCUT2D eigenvalue weighted by atomic mass is 15.1. The molecule has 1 rings (SSSR count). The summed E-state index contributed by atoms with van der Waals surface area (Å²) in [7, 11) is 2.14. The lowest BCUT2D eigenvalue weighted by atomic mass is 10.1. The minimum Gasteiger partial charge on any atom is -0.372 e. The quantitative estimate of drug-likeness (QED) is 0.820. The van der Waals surface area contributed by atoms with Gasteiger partial charge in [-0.3, -0.25) is 0 Å². The number of rotatable bonds is 4. The van der Waals surface area contributed by atoms with Gasteiger partial charge in [-0.25, -0.2) is 0 Å². The Morgan fingerprint density at radius 1 is 1.40 bits per heavy atom. The minimum absolute atomic E-state index is 0.577. The second-order valence-electron chi connectivity index (χ2n) is 4.18. The highest BCUT2D eigenvalue weighted by molar-refractivity contribution is 5.50. The summed E-state index contributed by atoms with van der Waals surface area (Å²) >= 11 is 0. The molecule has 1 aromatic rings. The Morgan fingerprint density at radius 3 is 2.53 bits per heavy atom. The van der Waals surface area contributed by atoms with Crippen molar-refractivity contribution in [2.45, 2.75) is 39.8 Å². The first-order valence-electron chi connectivity index (χ1n) is 5.62. The van der Waals surface area contributed by atoms with Crippen molar-refractivity contribution in [1.29, 1.82) is 0 Å². The van der Waals surface area contributed by atoms with Crippen molar-refractivity contribution in [3.63, 3.8) is 0 Å². The van der Waals surface area contributed by atoms with E-state index in [1.165, 1.54) is 16.8 Å². The van der Waals surface area contributed by atoms with Gasteiger partial charge in [-0.05, 0) is 43.5 Å². The molecule has 0 heterocycles. The Morgan fingerprint density at radius 2 is 2.07 bits per heavy atom. The largest absolute Gasteiger partial charge is 0.372 e. The van der Waals surface area contributed by atoms with Crippen LogP contribution in [0.15, 0.2) is 18.2 Å². The van der Waals surface area contributed by atoms with Crippen molar-refractivity contribution >= 4 is 5.69 Å². The van der Waals surface area contributed by atoms with Crippen molar-refractivity contribution in [3.8, 4) is 0 Å². The summed E-state index contributed by atoms with van der Waals surface area (Å²) in [6.07, 6.45) is 1.16. The number of aryl methyl sites for hydroxylation is 1. The van der Waals surface area contributed by atoms with Crippen molar-refractivity contribution in [1.82, 2.24) is 0 Å². The van der Waals surface area contributed by atoms with Crippen molar-refractivity contribution in [2.75, 3.05) is 11.9 Å². The summed E-state index contributed by atoms with van der Waals surface area (Å²) in [4.78, 5) is 2.31. The normalized spacial score (nSPS) is 12.6. The van der Waals surface area contributed by atoms with Gasteiger partial charge in [0.15, 0.2) is 0 Å². The van der Waals surface area contributed by atoms with Gasteiger partial charge in [0.05, 0.1) is 0 Å². The number of hydrogen-bond donors (Lipinski definition) is 1. The molecule has 0 fully saturated rings. The highest BCUT2D eigenvalue weighted by Crippen LogP contribution is 2.20. The van der Waals surface area contributed by atoms with Crippen LogP contribution in [0.5, 0.6) is 0 Å². The fourth-order valence-electron chi connectivity index (χ4n) is 1.66. The molecular weight excluding hydrogens is 184 g/mol. The average molecular weight is 206 g/mol. The zero-order chi connectivity index (χ0) is 11.4. The van der Waals surface area contributed by atoms with Crippen molar-refractivity contribution in [2.24, 2.45) is 5.73 Å². The van der Waals surface area contributed by atoms with Crippen LogP contribution in [0, 0.1) is 6.92 Å². The van der Waals surface area contributed by atoms with Gasteiger partial charge in [0.25, 0.3) is 0 Å². The summed E-state index contributed by atoms with van der Waals surface area (Å²) in [6.45, 7) is 7.20. The van der Waals surface area contributed by atoms with Crippen LogP contribution in [-0.4, -0.2) is 13.1 Å². The van der Waals surface area contributed by atoms with Crippen LogP contribution >= 0.6 is 0 Å². The first-order chi connectivity index (χ1) is 7.10. The van der Waals surface area contributed by atoms with E-state index in [1.807, 2.05) is 0 Å². The maximum Gasteiger partial charge on any atom is 0.0368 e. The van der Waals surface area contributed by atoms with E-state index in [1.54, 1.807) is 0 Å². The van der Waals surface area contributed by atoms with Crippen LogP contribution in [-0.2, 0) is 6.54 Å². The Hall–Kier alpha value is -1.02. The maximum atomic E-state index is 5.65. The first kappa shape index (κ1) is 12.1. The monoisotopic (exact) mass is 206 g/mol. The lowest BCUT2D eigenvalue weighted by Crippen LogP contribution is -2.28. The molecule has 2 nitrogen and oxygen atoms in total. The Bertz CT molecular complexity index is 320. The van der Waals surface area contributed by atoms with Gasteiger partial charge in [-0.2, -0.15) is 0 Å². The zero-order valence-electron chi connectivity index (χ0n) is 10.2. The van der Waals surface area contributed by atoms with Crippen LogP contribution < -0.4 is 10.6 Å². The van der Waals surface area contributed by atoms with E-state index in [4.69, 9.17) is 5.73 Å². The van der Waals surface area contributed by atoms with Gasteiger partial charge >= 0.3 is 0 Å². The predicted molar refractivity (Wildman–Crippen MR) is 67.2 cm³/mol. The van der Waals surface area contributed by atoms with Gasteiger partial charge in [-0.15, -0.1) is 0 Å². The predicted octanol–water partition coefficient (Wildman–Crippen LogP) is 2.69. The molecule has 0 aromatic heterocycles.